The van der Waals surface area contributed by atoms with Gasteiger partial charge < -0.3 is 11.1 Å². The molecule has 1 rings (SSSR count). The summed E-state index contributed by atoms with van der Waals surface area (Å²) in [6.07, 6.45) is 4.26. The van der Waals surface area contributed by atoms with Crippen LogP contribution < -0.4 is 21.3 Å². The minimum atomic E-state index is -3.67. The summed E-state index contributed by atoms with van der Waals surface area (Å²) >= 11 is 0. The topological polar surface area (TPSA) is 124 Å². The van der Waals surface area contributed by atoms with Crippen LogP contribution in [0.5, 0.6) is 0 Å². The van der Waals surface area contributed by atoms with Crippen molar-refractivity contribution < 1.29 is 8.42 Å². The second-order valence-electron chi connectivity index (χ2n) is 3.49. The summed E-state index contributed by atoms with van der Waals surface area (Å²) in [4.78, 5) is 0. The van der Waals surface area contributed by atoms with E-state index in [0.717, 1.165) is 13.1 Å². The van der Waals surface area contributed by atoms with Crippen LogP contribution in [0.3, 0.4) is 0 Å². The first kappa shape index (κ1) is 14.5. The highest BCUT2D eigenvalue weighted by atomic mass is 32.2. The zero-order valence-electron chi connectivity index (χ0n) is 8.72. The molecule has 1 atom stereocenters. The minimum absolute atomic E-state index is 0.210. The van der Waals surface area contributed by atoms with E-state index in [4.69, 9.17) is 5.73 Å². The average molecular weight is 236 g/mol. The van der Waals surface area contributed by atoms with Gasteiger partial charge in [0.25, 0.3) is 10.2 Å². The Morgan fingerprint density at radius 1 is 1.33 bits per heavy atom. The summed E-state index contributed by atoms with van der Waals surface area (Å²) in [5, 5.41) is 11.5. The lowest BCUT2D eigenvalue weighted by Gasteiger charge is -2.25. The molecule has 7 N–H and O–H groups in total. The zero-order valence-corrected chi connectivity index (χ0v) is 9.54. The van der Waals surface area contributed by atoms with Crippen molar-refractivity contribution in [1.82, 2.24) is 5.32 Å². The van der Waals surface area contributed by atoms with E-state index in [1.807, 2.05) is 6.08 Å². The Labute approximate surface area is 91.1 Å². The third kappa shape index (κ3) is 9.83. The lowest BCUT2D eigenvalue weighted by atomic mass is 9.91. The second kappa shape index (κ2) is 6.91. The molecule has 15 heavy (non-hydrogen) atoms. The molecule has 0 aromatic rings. The second-order valence-corrected chi connectivity index (χ2v) is 4.67. The minimum Gasteiger partial charge on any atom is -0.324 e. The first-order valence-electron chi connectivity index (χ1n) is 4.74. The highest BCUT2D eigenvalue weighted by Gasteiger charge is 2.17. The van der Waals surface area contributed by atoms with Crippen molar-refractivity contribution in [2.24, 2.45) is 21.9 Å². The van der Waals surface area contributed by atoms with Gasteiger partial charge in [-0.15, -0.1) is 6.58 Å². The van der Waals surface area contributed by atoms with Gasteiger partial charge in [-0.1, -0.05) is 6.08 Å². The fourth-order valence-corrected chi connectivity index (χ4v) is 1.42. The van der Waals surface area contributed by atoms with E-state index in [-0.39, 0.29) is 6.04 Å². The number of nitrogens with two attached hydrogens (primary N) is 3. The molecule has 0 aromatic heterocycles. The number of nitrogens with one attached hydrogen (secondary N) is 1. The third-order valence-corrected chi connectivity index (χ3v) is 2.20. The van der Waals surface area contributed by atoms with Gasteiger partial charge in [0.1, 0.15) is 0 Å². The first-order chi connectivity index (χ1) is 6.84. The first-order valence-corrected chi connectivity index (χ1v) is 6.35. The third-order valence-electron chi connectivity index (χ3n) is 2.20. The van der Waals surface area contributed by atoms with Crippen molar-refractivity contribution in [1.29, 1.82) is 0 Å². The van der Waals surface area contributed by atoms with E-state index >= 15 is 0 Å². The van der Waals surface area contributed by atoms with Gasteiger partial charge in [0.05, 0.1) is 0 Å². The standard InChI is InChI=1S/C8H16N2.H4N2O2S/c1-2-8(9)7-3-5-10-6-4-7;1-5(2,3)4/h2,7-8,10H,1,3-6,9H2;(H4,1,2,3,4). The van der Waals surface area contributed by atoms with Crippen LogP contribution in [0, 0.1) is 5.92 Å². The maximum Gasteiger partial charge on any atom is 0.271 e. The molecule has 0 aliphatic carbocycles. The lowest BCUT2D eigenvalue weighted by molar-refractivity contribution is 0.347. The molecule has 0 amide bonds. The molecule has 0 aromatic carbocycles. The van der Waals surface area contributed by atoms with Gasteiger partial charge in [-0.2, -0.15) is 8.42 Å². The molecule has 0 radical (unpaired) electrons. The fourth-order valence-electron chi connectivity index (χ4n) is 1.42. The van der Waals surface area contributed by atoms with Crippen LogP contribution in [-0.2, 0) is 10.2 Å². The van der Waals surface area contributed by atoms with Gasteiger partial charge in [-0.05, 0) is 31.8 Å². The number of hydrogen-bond acceptors (Lipinski definition) is 4. The maximum atomic E-state index is 9.19. The molecular formula is C8H20N4O2S. The van der Waals surface area contributed by atoms with E-state index in [0.29, 0.717) is 5.92 Å². The van der Waals surface area contributed by atoms with E-state index in [9.17, 15) is 8.42 Å². The molecule has 1 heterocycles. The van der Waals surface area contributed by atoms with Crippen molar-refractivity contribution in [3.8, 4) is 0 Å². The normalized spacial score (nSPS) is 19.9. The molecule has 0 bridgehead atoms. The smallest absolute Gasteiger partial charge is 0.271 e. The molecule has 90 valence electrons. The Kier molecular flexibility index (Phi) is 6.70. The summed E-state index contributed by atoms with van der Waals surface area (Å²) in [6, 6.07) is 0.210. The van der Waals surface area contributed by atoms with Crippen LogP contribution >= 0.6 is 0 Å². The molecule has 7 heteroatoms. The van der Waals surface area contributed by atoms with Gasteiger partial charge in [0.2, 0.25) is 0 Å². The summed E-state index contributed by atoms with van der Waals surface area (Å²) in [5.74, 6) is 0.666. The lowest BCUT2D eigenvalue weighted by Crippen LogP contribution is -2.37. The number of piperidine rings is 1. The van der Waals surface area contributed by atoms with Crippen molar-refractivity contribution in [2.75, 3.05) is 13.1 Å². The summed E-state index contributed by atoms with van der Waals surface area (Å²) < 4.78 is 18.4. The molecule has 1 fully saturated rings. The highest BCUT2D eigenvalue weighted by molar-refractivity contribution is 7.86. The fraction of sp³-hybridized carbons (Fsp3) is 0.750. The number of hydrogen-bond donors (Lipinski definition) is 4. The highest BCUT2D eigenvalue weighted by Crippen LogP contribution is 2.14. The van der Waals surface area contributed by atoms with Crippen LogP contribution in [0.4, 0.5) is 0 Å². The zero-order chi connectivity index (χ0) is 11.9. The predicted octanol–water partition coefficient (Wildman–Crippen LogP) is -1.35. The van der Waals surface area contributed by atoms with Crippen LogP contribution in [-0.4, -0.2) is 27.5 Å². The molecule has 1 unspecified atom stereocenters. The molecule has 0 spiro atoms. The molecule has 6 nitrogen and oxygen atoms in total. The van der Waals surface area contributed by atoms with Crippen molar-refractivity contribution in [3.63, 3.8) is 0 Å². The van der Waals surface area contributed by atoms with E-state index < -0.39 is 10.2 Å². The van der Waals surface area contributed by atoms with E-state index in [2.05, 4.69) is 22.2 Å². The van der Waals surface area contributed by atoms with Gasteiger partial charge in [0.15, 0.2) is 0 Å². The summed E-state index contributed by atoms with van der Waals surface area (Å²) in [5.41, 5.74) is 5.80. The maximum absolute atomic E-state index is 9.19. The van der Waals surface area contributed by atoms with Gasteiger partial charge in [-0.3, -0.25) is 0 Å². The Hall–Kier alpha value is -0.470. The Balaban J connectivity index is 0.000000336. The van der Waals surface area contributed by atoms with Gasteiger partial charge in [-0.25, -0.2) is 10.3 Å². The molecular weight excluding hydrogens is 216 g/mol. The van der Waals surface area contributed by atoms with Crippen molar-refractivity contribution in [3.05, 3.63) is 12.7 Å². The summed E-state index contributed by atoms with van der Waals surface area (Å²) in [6.45, 7) is 5.92. The monoisotopic (exact) mass is 236 g/mol. The van der Waals surface area contributed by atoms with Crippen LogP contribution in [0.2, 0.25) is 0 Å². The predicted molar refractivity (Wildman–Crippen MR) is 61.1 cm³/mol. The largest absolute Gasteiger partial charge is 0.324 e. The average Bonchev–Trinajstić information content (AvgIpc) is 2.15. The van der Waals surface area contributed by atoms with E-state index in [1.165, 1.54) is 12.8 Å². The molecule has 1 saturated heterocycles. The Bertz CT molecular complexity index is 264. The van der Waals surface area contributed by atoms with Crippen LogP contribution in [0.15, 0.2) is 12.7 Å². The SMILES string of the molecule is C=CC(N)C1CCNCC1.NS(N)(=O)=O. The van der Waals surface area contributed by atoms with Gasteiger partial charge >= 0.3 is 0 Å². The molecule has 1 aliphatic rings. The van der Waals surface area contributed by atoms with Gasteiger partial charge in [0, 0.05) is 6.04 Å². The van der Waals surface area contributed by atoms with Crippen LogP contribution in [0.1, 0.15) is 12.8 Å². The van der Waals surface area contributed by atoms with E-state index in [1.54, 1.807) is 0 Å². The molecule has 0 saturated carbocycles. The Morgan fingerprint density at radius 3 is 2.07 bits per heavy atom. The van der Waals surface area contributed by atoms with Crippen LogP contribution in [0.25, 0.3) is 0 Å². The van der Waals surface area contributed by atoms with Crippen molar-refractivity contribution in [2.45, 2.75) is 18.9 Å². The molecule has 1 aliphatic heterocycles. The Morgan fingerprint density at radius 2 is 1.73 bits per heavy atom. The van der Waals surface area contributed by atoms with Crippen molar-refractivity contribution >= 4 is 10.2 Å². The quantitative estimate of drug-likeness (QED) is 0.442. The summed E-state index contributed by atoms with van der Waals surface area (Å²) in [7, 11) is -3.67. The number of rotatable bonds is 2.